The van der Waals surface area contributed by atoms with Gasteiger partial charge in [0.05, 0.1) is 6.54 Å². The third kappa shape index (κ3) is 4.28. The van der Waals surface area contributed by atoms with Gasteiger partial charge in [-0.3, -0.25) is 0 Å². The Balaban J connectivity index is 2.12. The van der Waals surface area contributed by atoms with Crippen LogP contribution in [0.2, 0.25) is 0 Å². The quantitative estimate of drug-likeness (QED) is 0.708. The average molecular weight is 226 g/mol. The van der Waals surface area contributed by atoms with Crippen molar-refractivity contribution in [2.75, 3.05) is 20.1 Å². The molecule has 0 aliphatic heterocycles. The van der Waals surface area contributed by atoms with Gasteiger partial charge in [-0.25, -0.2) is 0 Å². The molecule has 92 valence electrons. The summed E-state index contributed by atoms with van der Waals surface area (Å²) in [5.74, 6) is 1.28. The molecule has 0 bridgehead atoms. The van der Waals surface area contributed by atoms with Gasteiger partial charge in [0.1, 0.15) is 0 Å². The van der Waals surface area contributed by atoms with Gasteiger partial charge in [-0.05, 0) is 20.4 Å². The summed E-state index contributed by atoms with van der Waals surface area (Å²) in [6.07, 6.45) is 1.18. The minimum absolute atomic E-state index is 0.619. The lowest BCUT2D eigenvalue weighted by atomic mass is 10.2. The summed E-state index contributed by atoms with van der Waals surface area (Å²) < 4.78 is 5.26. The van der Waals surface area contributed by atoms with E-state index >= 15 is 0 Å². The molecule has 5 nitrogen and oxygen atoms in total. The number of hydrogen-bond donors (Lipinski definition) is 1. The highest BCUT2D eigenvalue weighted by Crippen LogP contribution is 1.99. The summed E-state index contributed by atoms with van der Waals surface area (Å²) in [7, 11) is 2.15. The predicted molar refractivity (Wildman–Crippen MR) is 63.1 cm³/mol. The molecule has 1 aromatic rings. The molecule has 1 heterocycles. The van der Waals surface area contributed by atoms with E-state index in [1.165, 1.54) is 6.42 Å². The van der Waals surface area contributed by atoms with Crippen LogP contribution in [-0.4, -0.2) is 41.3 Å². The van der Waals surface area contributed by atoms with Gasteiger partial charge in [0.25, 0.3) is 0 Å². The first-order chi connectivity index (χ1) is 7.63. The normalized spacial score (nSPS) is 13.3. The molecule has 0 saturated carbocycles. The van der Waals surface area contributed by atoms with Gasteiger partial charge < -0.3 is 14.6 Å². The fourth-order valence-electron chi connectivity index (χ4n) is 1.39. The first kappa shape index (κ1) is 13.1. The van der Waals surface area contributed by atoms with Gasteiger partial charge in [-0.15, -0.1) is 10.2 Å². The topological polar surface area (TPSA) is 54.2 Å². The Kier molecular flexibility index (Phi) is 5.42. The first-order valence-electron chi connectivity index (χ1n) is 5.83. The van der Waals surface area contributed by atoms with Gasteiger partial charge in [0.15, 0.2) is 0 Å². The molecule has 0 fully saturated rings. The van der Waals surface area contributed by atoms with Crippen molar-refractivity contribution < 1.29 is 4.42 Å². The Bertz CT molecular complexity index is 300. The molecule has 1 aromatic heterocycles. The number of aromatic nitrogens is 2. The van der Waals surface area contributed by atoms with E-state index in [9.17, 15) is 0 Å². The summed E-state index contributed by atoms with van der Waals surface area (Å²) in [6, 6.07) is 0.632. The smallest absolute Gasteiger partial charge is 0.230 e. The zero-order valence-corrected chi connectivity index (χ0v) is 10.7. The third-order valence-electron chi connectivity index (χ3n) is 2.83. The van der Waals surface area contributed by atoms with Crippen molar-refractivity contribution >= 4 is 0 Å². The second-order valence-electron chi connectivity index (χ2n) is 4.13. The maximum absolute atomic E-state index is 5.26. The molecule has 0 saturated heterocycles. The lowest BCUT2D eigenvalue weighted by Gasteiger charge is -2.23. The Morgan fingerprint density at radius 1 is 1.44 bits per heavy atom. The molecule has 1 N–H and O–H groups in total. The predicted octanol–water partition coefficient (Wildman–Crippen LogP) is 1.20. The summed E-state index contributed by atoms with van der Waals surface area (Å²) in [5.41, 5.74) is 0. The fourth-order valence-corrected chi connectivity index (χ4v) is 1.39. The van der Waals surface area contributed by atoms with E-state index in [1.807, 2.05) is 0 Å². The zero-order valence-electron chi connectivity index (χ0n) is 10.7. The number of hydrogen-bond acceptors (Lipinski definition) is 5. The fraction of sp³-hybridized carbons (Fsp3) is 0.818. The average Bonchev–Trinajstić information content (AvgIpc) is 2.69. The summed E-state index contributed by atoms with van der Waals surface area (Å²) >= 11 is 0. The third-order valence-corrected chi connectivity index (χ3v) is 2.83. The number of rotatable bonds is 7. The second-order valence-corrected chi connectivity index (χ2v) is 4.13. The highest BCUT2D eigenvalue weighted by Gasteiger charge is 2.06. The van der Waals surface area contributed by atoms with Crippen molar-refractivity contribution in [2.24, 2.45) is 0 Å². The van der Waals surface area contributed by atoms with Crippen molar-refractivity contribution in [3.05, 3.63) is 11.8 Å². The van der Waals surface area contributed by atoms with Crippen molar-refractivity contribution in [1.29, 1.82) is 0 Å². The minimum atomic E-state index is 0.619. The summed E-state index contributed by atoms with van der Waals surface area (Å²) in [6.45, 7) is 8.85. The van der Waals surface area contributed by atoms with Crippen LogP contribution < -0.4 is 5.32 Å². The van der Waals surface area contributed by atoms with E-state index in [-0.39, 0.29) is 0 Å². The van der Waals surface area contributed by atoms with Crippen LogP contribution in [0.25, 0.3) is 0 Å². The minimum Gasteiger partial charge on any atom is -0.424 e. The van der Waals surface area contributed by atoms with E-state index in [2.05, 4.69) is 41.3 Å². The largest absolute Gasteiger partial charge is 0.424 e. The van der Waals surface area contributed by atoms with E-state index < -0.39 is 0 Å². The van der Waals surface area contributed by atoms with E-state index in [0.717, 1.165) is 13.1 Å². The van der Waals surface area contributed by atoms with Gasteiger partial charge in [-0.2, -0.15) is 0 Å². The highest BCUT2D eigenvalue weighted by molar-refractivity contribution is 4.77. The van der Waals surface area contributed by atoms with E-state index in [0.29, 0.717) is 24.4 Å². The Labute approximate surface area is 97.2 Å². The monoisotopic (exact) mass is 226 g/mol. The number of aryl methyl sites for hydroxylation is 1. The Hall–Kier alpha value is -0.940. The van der Waals surface area contributed by atoms with Gasteiger partial charge >= 0.3 is 0 Å². The molecular formula is C11H22N4O. The molecule has 1 rings (SSSR count). The van der Waals surface area contributed by atoms with Crippen molar-refractivity contribution in [1.82, 2.24) is 20.4 Å². The van der Waals surface area contributed by atoms with Crippen LogP contribution >= 0.6 is 0 Å². The molecule has 16 heavy (non-hydrogen) atoms. The summed E-state index contributed by atoms with van der Waals surface area (Å²) in [4.78, 5) is 2.34. The van der Waals surface area contributed by atoms with Crippen LogP contribution in [0.3, 0.4) is 0 Å². The molecule has 1 atom stereocenters. The molecule has 0 amide bonds. The molecule has 0 aliphatic carbocycles. The van der Waals surface area contributed by atoms with Crippen LogP contribution in [0.5, 0.6) is 0 Å². The molecule has 5 heteroatoms. The Morgan fingerprint density at radius 3 is 2.75 bits per heavy atom. The second kappa shape index (κ2) is 6.60. The lowest BCUT2D eigenvalue weighted by molar-refractivity contribution is 0.250. The van der Waals surface area contributed by atoms with Crippen LogP contribution in [0.4, 0.5) is 0 Å². The highest BCUT2D eigenvalue weighted by atomic mass is 16.4. The lowest BCUT2D eigenvalue weighted by Crippen LogP contribution is -2.34. The number of likely N-dealkylation sites (N-methyl/N-ethyl adjacent to an activating group) is 1. The van der Waals surface area contributed by atoms with Crippen molar-refractivity contribution in [3.8, 4) is 0 Å². The van der Waals surface area contributed by atoms with Crippen molar-refractivity contribution in [3.63, 3.8) is 0 Å². The van der Waals surface area contributed by atoms with Gasteiger partial charge in [-0.1, -0.05) is 6.92 Å². The molecule has 0 spiro atoms. The SMILES string of the molecule is CCC(C)N(C)CCNCc1nnc(C)o1. The van der Waals surface area contributed by atoms with E-state index in [4.69, 9.17) is 4.42 Å². The van der Waals surface area contributed by atoms with Gasteiger partial charge in [0, 0.05) is 26.1 Å². The van der Waals surface area contributed by atoms with Crippen LogP contribution in [0, 0.1) is 6.92 Å². The number of nitrogens with one attached hydrogen (secondary N) is 1. The molecule has 0 aliphatic rings. The molecule has 0 aromatic carbocycles. The van der Waals surface area contributed by atoms with Crippen molar-refractivity contribution in [2.45, 2.75) is 39.8 Å². The van der Waals surface area contributed by atoms with E-state index in [1.54, 1.807) is 6.92 Å². The molecule has 1 unspecified atom stereocenters. The first-order valence-corrected chi connectivity index (χ1v) is 5.83. The zero-order chi connectivity index (χ0) is 12.0. The van der Waals surface area contributed by atoms with Crippen LogP contribution in [0.15, 0.2) is 4.42 Å². The molecular weight excluding hydrogens is 204 g/mol. The van der Waals surface area contributed by atoms with Crippen LogP contribution in [0.1, 0.15) is 32.0 Å². The van der Waals surface area contributed by atoms with Gasteiger partial charge in [0.2, 0.25) is 11.8 Å². The Morgan fingerprint density at radius 2 is 2.19 bits per heavy atom. The standard InChI is InChI=1S/C11H22N4O/c1-5-9(2)15(4)7-6-12-8-11-14-13-10(3)16-11/h9,12H,5-8H2,1-4H3. The van der Waals surface area contributed by atoms with Crippen LogP contribution in [-0.2, 0) is 6.54 Å². The maximum atomic E-state index is 5.26. The number of nitrogens with zero attached hydrogens (tertiary/aromatic N) is 3. The summed E-state index contributed by atoms with van der Waals surface area (Å²) in [5, 5.41) is 11.0. The maximum Gasteiger partial charge on any atom is 0.230 e. The molecule has 0 radical (unpaired) electrons.